The maximum atomic E-state index is 12.2. The Balaban J connectivity index is 1.51. The SMILES string of the molecule is Cc1cc(NC(=O)/C(C#N)=C\c2ccc(OCCOc3ccc(Cl)c(C)c3)cc2)no1. The van der Waals surface area contributed by atoms with Crippen LogP contribution >= 0.6 is 11.6 Å². The molecule has 0 aliphatic rings. The zero-order valence-corrected chi connectivity index (χ0v) is 17.8. The van der Waals surface area contributed by atoms with E-state index in [4.69, 9.17) is 25.6 Å². The standard InChI is InChI=1S/C23H20ClN3O4/c1-15-11-20(7-8-21(15)24)30-10-9-29-19-5-3-17(4-6-19)13-18(14-25)23(28)26-22-12-16(2)31-27-22/h3-8,11-13H,9-10H2,1-2H3,(H,26,27,28)/b18-13-. The van der Waals surface area contributed by atoms with Crippen molar-refractivity contribution in [2.45, 2.75) is 13.8 Å². The first-order valence-electron chi connectivity index (χ1n) is 9.43. The van der Waals surface area contributed by atoms with Crippen LogP contribution in [0.15, 0.2) is 58.6 Å². The molecular weight excluding hydrogens is 418 g/mol. The van der Waals surface area contributed by atoms with Crippen molar-refractivity contribution < 1.29 is 18.8 Å². The predicted octanol–water partition coefficient (Wildman–Crippen LogP) is 4.95. The molecule has 3 aromatic rings. The first-order chi connectivity index (χ1) is 14.9. The number of ether oxygens (including phenoxy) is 2. The van der Waals surface area contributed by atoms with Gasteiger partial charge in [-0.15, -0.1) is 0 Å². The predicted molar refractivity (Wildman–Crippen MR) is 117 cm³/mol. The van der Waals surface area contributed by atoms with E-state index in [0.29, 0.717) is 35.3 Å². The summed E-state index contributed by atoms with van der Waals surface area (Å²) in [5.74, 6) is 1.62. The summed E-state index contributed by atoms with van der Waals surface area (Å²) in [5, 5.41) is 16.2. The molecular formula is C23H20ClN3O4. The van der Waals surface area contributed by atoms with Gasteiger partial charge in [0, 0.05) is 11.1 Å². The van der Waals surface area contributed by atoms with Crippen LogP contribution in [-0.2, 0) is 4.79 Å². The van der Waals surface area contributed by atoms with E-state index in [0.717, 1.165) is 11.3 Å². The van der Waals surface area contributed by atoms with Gasteiger partial charge in [-0.3, -0.25) is 4.79 Å². The number of amides is 1. The molecule has 8 heteroatoms. The van der Waals surface area contributed by atoms with Gasteiger partial charge < -0.3 is 19.3 Å². The Hall–Kier alpha value is -3.76. The van der Waals surface area contributed by atoms with Crippen LogP contribution in [-0.4, -0.2) is 24.3 Å². The van der Waals surface area contributed by atoms with Gasteiger partial charge in [0.2, 0.25) is 0 Å². The third kappa shape index (κ3) is 6.36. The van der Waals surface area contributed by atoms with Crippen molar-refractivity contribution in [1.82, 2.24) is 5.16 Å². The van der Waals surface area contributed by atoms with E-state index < -0.39 is 5.91 Å². The van der Waals surface area contributed by atoms with E-state index in [1.165, 1.54) is 6.08 Å². The molecule has 0 aliphatic heterocycles. The third-order valence-electron chi connectivity index (χ3n) is 4.18. The molecule has 1 heterocycles. The highest BCUT2D eigenvalue weighted by molar-refractivity contribution is 6.31. The van der Waals surface area contributed by atoms with Gasteiger partial charge in [-0.25, -0.2) is 0 Å². The van der Waals surface area contributed by atoms with Gasteiger partial charge in [0.15, 0.2) is 5.82 Å². The van der Waals surface area contributed by atoms with Gasteiger partial charge in [0.25, 0.3) is 5.91 Å². The van der Waals surface area contributed by atoms with Crippen LogP contribution < -0.4 is 14.8 Å². The molecule has 1 aromatic heterocycles. The number of halogens is 1. The molecule has 0 radical (unpaired) electrons. The van der Waals surface area contributed by atoms with Gasteiger partial charge in [-0.1, -0.05) is 28.9 Å². The van der Waals surface area contributed by atoms with Crippen LogP contribution in [0.3, 0.4) is 0 Å². The van der Waals surface area contributed by atoms with Gasteiger partial charge in [0.05, 0.1) is 0 Å². The highest BCUT2D eigenvalue weighted by Gasteiger charge is 2.12. The molecule has 2 aromatic carbocycles. The van der Waals surface area contributed by atoms with Crippen LogP contribution in [0, 0.1) is 25.2 Å². The minimum absolute atomic E-state index is 0.0546. The summed E-state index contributed by atoms with van der Waals surface area (Å²) in [4.78, 5) is 12.2. The Bertz CT molecular complexity index is 1130. The molecule has 7 nitrogen and oxygen atoms in total. The van der Waals surface area contributed by atoms with E-state index in [9.17, 15) is 10.1 Å². The van der Waals surface area contributed by atoms with E-state index in [2.05, 4.69) is 10.5 Å². The fraction of sp³-hybridized carbons (Fsp3) is 0.174. The summed E-state index contributed by atoms with van der Waals surface area (Å²) in [6.07, 6.45) is 1.48. The minimum Gasteiger partial charge on any atom is -0.490 e. The zero-order valence-electron chi connectivity index (χ0n) is 17.0. The summed E-state index contributed by atoms with van der Waals surface area (Å²) in [5.41, 5.74) is 1.58. The second-order valence-corrected chi connectivity index (χ2v) is 7.03. The molecule has 0 fully saturated rings. The summed E-state index contributed by atoms with van der Waals surface area (Å²) in [6, 6.07) is 16.0. The van der Waals surface area contributed by atoms with Crippen molar-refractivity contribution in [2.24, 2.45) is 0 Å². The average molecular weight is 438 g/mol. The smallest absolute Gasteiger partial charge is 0.267 e. The van der Waals surface area contributed by atoms with Gasteiger partial charge >= 0.3 is 0 Å². The average Bonchev–Trinajstić information content (AvgIpc) is 3.17. The van der Waals surface area contributed by atoms with E-state index in [1.807, 2.05) is 25.1 Å². The first kappa shape index (κ1) is 21.9. The Morgan fingerprint density at radius 1 is 1.13 bits per heavy atom. The van der Waals surface area contributed by atoms with Crippen molar-refractivity contribution in [1.29, 1.82) is 5.26 Å². The van der Waals surface area contributed by atoms with E-state index in [-0.39, 0.29) is 11.4 Å². The lowest BCUT2D eigenvalue weighted by atomic mass is 10.1. The molecule has 0 saturated carbocycles. The number of nitriles is 1. The van der Waals surface area contributed by atoms with Crippen molar-refractivity contribution >= 4 is 29.4 Å². The summed E-state index contributed by atoms with van der Waals surface area (Å²) in [7, 11) is 0. The highest BCUT2D eigenvalue weighted by Crippen LogP contribution is 2.21. The van der Waals surface area contributed by atoms with Crippen LogP contribution in [0.25, 0.3) is 6.08 Å². The Labute approximate surface area is 184 Å². The number of benzene rings is 2. The maximum absolute atomic E-state index is 12.2. The molecule has 158 valence electrons. The Kier molecular flexibility index (Phi) is 7.31. The largest absolute Gasteiger partial charge is 0.490 e. The molecule has 31 heavy (non-hydrogen) atoms. The van der Waals surface area contributed by atoms with Gasteiger partial charge in [0.1, 0.15) is 42.1 Å². The number of nitrogens with one attached hydrogen (secondary N) is 1. The first-order valence-corrected chi connectivity index (χ1v) is 9.80. The highest BCUT2D eigenvalue weighted by atomic mass is 35.5. The Morgan fingerprint density at radius 2 is 1.81 bits per heavy atom. The normalized spacial score (nSPS) is 11.0. The summed E-state index contributed by atoms with van der Waals surface area (Å²) < 4.78 is 16.2. The third-order valence-corrected chi connectivity index (χ3v) is 4.60. The van der Waals surface area contributed by atoms with E-state index in [1.54, 1.807) is 43.3 Å². The van der Waals surface area contributed by atoms with Crippen LogP contribution in [0.2, 0.25) is 5.02 Å². The number of aryl methyl sites for hydroxylation is 2. The number of aromatic nitrogens is 1. The topological polar surface area (TPSA) is 97.4 Å². The van der Waals surface area contributed by atoms with Gasteiger partial charge in [-0.2, -0.15) is 5.26 Å². The number of nitrogens with zero attached hydrogens (tertiary/aromatic N) is 2. The number of rotatable bonds is 8. The van der Waals surface area contributed by atoms with Crippen LogP contribution in [0.5, 0.6) is 11.5 Å². The van der Waals surface area contributed by atoms with E-state index >= 15 is 0 Å². The second kappa shape index (κ2) is 10.3. The monoisotopic (exact) mass is 437 g/mol. The molecule has 0 unspecified atom stereocenters. The summed E-state index contributed by atoms with van der Waals surface area (Å²) in [6.45, 7) is 4.36. The number of anilines is 1. The van der Waals surface area contributed by atoms with Crippen molar-refractivity contribution in [3.8, 4) is 17.6 Å². The fourth-order valence-electron chi connectivity index (χ4n) is 2.61. The maximum Gasteiger partial charge on any atom is 0.267 e. The minimum atomic E-state index is -0.564. The summed E-state index contributed by atoms with van der Waals surface area (Å²) >= 11 is 6.00. The lowest BCUT2D eigenvalue weighted by Gasteiger charge is -2.09. The quantitative estimate of drug-likeness (QED) is 0.304. The zero-order chi connectivity index (χ0) is 22.2. The molecule has 0 aliphatic carbocycles. The number of carbonyl (C=O) groups excluding carboxylic acids is 1. The van der Waals surface area contributed by atoms with Crippen molar-refractivity contribution in [2.75, 3.05) is 18.5 Å². The number of hydrogen-bond donors (Lipinski definition) is 1. The molecule has 0 atom stereocenters. The molecule has 0 spiro atoms. The molecule has 1 amide bonds. The second-order valence-electron chi connectivity index (χ2n) is 6.62. The van der Waals surface area contributed by atoms with Crippen molar-refractivity contribution in [3.05, 3.63) is 76.0 Å². The molecule has 1 N–H and O–H groups in total. The van der Waals surface area contributed by atoms with Crippen LogP contribution in [0.1, 0.15) is 16.9 Å². The lowest BCUT2D eigenvalue weighted by molar-refractivity contribution is -0.112. The molecule has 0 saturated heterocycles. The van der Waals surface area contributed by atoms with Crippen LogP contribution in [0.4, 0.5) is 5.82 Å². The van der Waals surface area contributed by atoms with Crippen molar-refractivity contribution in [3.63, 3.8) is 0 Å². The molecule has 3 rings (SSSR count). The number of carbonyl (C=O) groups is 1. The molecule has 0 bridgehead atoms. The fourth-order valence-corrected chi connectivity index (χ4v) is 2.73. The number of hydrogen-bond acceptors (Lipinski definition) is 6. The lowest BCUT2D eigenvalue weighted by Crippen LogP contribution is -2.13. The van der Waals surface area contributed by atoms with Gasteiger partial charge in [-0.05, 0) is 61.4 Å². The Morgan fingerprint density at radius 3 is 2.42 bits per heavy atom.